The second-order valence-electron chi connectivity index (χ2n) is 5.88. The Labute approximate surface area is 161 Å². The minimum Gasteiger partial charge on any atom is -0.323 e. The van der Waals surface area contributed by atoms with Crippen LogP contribution in [-0.4, -0.2) is 24.1 Å². The lowest BCUT2D eigenvalue weighted by atomic mass is 10.2. The molecule has 0 saturated carbocycles. The second-order valence-corrected chi connectivity index (χ2v) is 8.59. The summed E-state index contributed by atoms with van der Waals surface area (Å²) in [6, 6.07) is 12.9. The predicted octanol–water partition coefficient (Wildman–Crippen LogP) is 4.07. The number of halogens is 2. The van der Waals surface area contributed by atoms with Crippen molar-refractivity contribution in [3.05, 3.63) is 77.8 Å². The number of hydrogen-bond acceptors (Lipinski definition) is 3. The monoisotopic (exact) mass is 406 g/mol. The largest absolute Gasteiger partial charge is 0.323 e. The number of hydrogen-bond donors (Lipinski definition) is 1. The summed E-state index contributed by atoms with van der Waals surface area (Å²) in [4.78, 5) is 12.5. The summed E-state index contributed by atoms with van der Waals surface area (Å²) < 4.78 is 40.1. The standard InChI is InChI=1S/C19H16ClFN2O3S/c1-13(27(25,26)16-7-5-15(21)6-8-16)19(24)22-17-9-4-14(20)12-18(17)23-10-2-3-11-23/h2-13H,1H3,(H,22,24). The van der Waals surface area contributed by atoms with Gasteiger partial charge in [-0.05, 0) is 61.5 Å². The molecular formula is C19H16ClFN2O3S. The van der Waals surface area contributed by atoms with Crippen LogP contribution in [0.3, 0.4) is 0 Å². The van der Waals surface area contributed by atoms with Gasteiger partial charge in [0.25, 0.3) is 0 Å². The Hall–Kier alpha value is -2.64. The molecule has 0 bridgehead atoms. The highest BCUT2D eigenvalue weighted by Gasteiger charge is 2.30. The van der Waals surface area contributed by atoms with Gasteiger partial charge in [0.05, 0.1) is 16.3 Å². The van der Waals surface area contributed by atoms with Crippen LogP contribution >= 0.6 is 11.6 Å². The van der Waals surface area contributed by atoms with Gasteiger partial charge in [0, 0.05) is 17.4 Å². The smallest absolute Gasteiger partial charge is 0.242 e. The summed E-state index contributed by atoms with van der Waals surface area (Å²) in [5.74, 6) is -1.25. The number of carbonyl (C=O) groups is 1. The van der Waals surface area contributed by atoms with Crippen LogP contribution in [-0.2, 0) is 14.6 Å². The molecule has 1 N–H and O–H groups in total. The van der Waals surface area contributed by atoms with Crippen molar-refractivity contribution in [2.75, 3.05) is 5.32 Å². The van der Waals surface area contributed by atoms with Gasteiger partial charge >= 0.3 is 0 Å². The molecule has 0 aliphatic rings. The zero-order valence-corrected chi connectivity index (χ0v) is 15.8. The van der Waals surface area contributed by atoms with Gasteiger partial charge < -0.3 is 9.88 Å². The third-order valence-electron chi connectivity index (χ3n) is 4.08. The first kappa shape index (κ1) is 19.1. The molecule has 0 fully saturated rings. The van der Waals surface area contributed by atoms with Crippen LogP contribution in [0.1, 0.15) is 6.92 Å². The molecule has 0 spiro atoms. The number of nitrogens with zero attached hydrogens (tertiary/aromatic N) is 1. The topological polar surface area (TPSA) is 68.2 Å². The average Bonchev–Trinajstić information content (AvgIpc) is 3.17. The Balaban J connectivity index is 1.88. The first-order valence-electron chi connectivity index (χ1n) is 8.02. The molecule has 2 aromatic carbocycles. The zero-order valence-electron chi connectivity index (χ0n) is 14.3. The van der Waals surface area contributed by atoms with E-state index < -0.39 is 26.8 Å². The van der Waals surface area contributed by atoms with Gasteiger partial charge in [-0.3, -0.25) is 4.79 Å². The summed E-state index contributed by atoms with van der Waals surface area (Å²) in [6.07, 6.45) is 3.56. The first-order chi connectivity index (χ1) is 12.8. The van der Waals surface area contributed by atoms with Crippen LogP contribution in [0.5, 0.6) is 0 Å². The number of anilines is 1. The second kappa shape index (κ2) is 7.54. The normalized spacial score (nSPS) is 12.6. The van der Waals surface area contributed by atoms with Gasteiger partial charge in [-0.15, -0.1) is 0 Å². The summed E-state index contributed by atoms with van der Waals surface area (Å²) >= 11 is 6.05. The molecule has 27 heavy (non-hydrogen) atoms. The Bertz CT molecular complexity index is 1060. The Morgan fingerprint density at radius 3 is 2.37 bits per heavy atom. The summed E-state index contributed by atoms with van der Waals surface area (Å²) in [5.41, 5.74) is 1.02. The molecular weight excluding hydrogens is 391 g/mol. The summed E-state index contributed by atoms with van der Waals surface area (Å²) in [6.45, 7) is 1.29. The van der Waals surface area contributed by atoms with Gasteiger partial charge in [-0.25, -0.2) is 12.8 Å². The number of benzene rings is 2. The van der Waals surface area contributed by atoms with Crippen molar-refractivity contribution < 1.29 is 17.6 Å². The third kappa shape index (κ3) is 4.04. The van der Waals surface area contributed by atoms with E-state index in [1.807, 2.05) is 12.1 Å². The molecule has 0 aliphatic carbocycles. The summed E-state index contributed by atoms with van der Waals surface area (Å²) in [7, 11) is -3.96. The Morgan fingerprint density at radius 1 is 1.11 bits per heavy atom. The Morgan fingerprint density at radius 2 is 1.74 bits per heavy atom. The van der Waals surface area contributed by atoms with Crippen molar-refractivity contribution in [1.29, 1.82) is 0 Å². The number of amides is 1. The number of rotatable bonds is 5. The van der Waals surface area contributed by atoms with Crippen LogP contribution in [0.2, 0.25) is 5.02 Å². The number of aromatic nitrogens is 1. The van der Waals surface area contributed by atoms with E-state index in [1.54, 1.807) is 35.2 Å². The number of sulfone groups is 1. The maximum Gasteiger partial charge on any atom is 0.242 e. The molecule has 1 unspecified atom stereocenters. The first-order valence-corrected chi connectivity index (χ1v) is 9.94. The van der Waals surface area contributed by atoms with Gasteiger partial charge in [0.2, 0.25) is 5.91 Å². The molecule has 5 nitrogen and oxygen atoms in total. The molecule has 1 heterocycles. The van der Waals surface area contributed by atoms with E-state index in [2.05, 4.69) is 5.32 Å². The van der Waals surface area contributed by atoms with Crippen LogP contribution in [0.4, 0.5) is 10.1 Å². The van der Waals surface area contributed by atoms with Crippen LogP contribution in [0.15, 0.2) is 71.9 Å². The molecule has 3 aromatic rings. The van der Waals surface area contributed by atoms with Crippen LogP contribution in [0.25, 0.3) is 5.69 Å². The van der Waals surface area contributed by atoms with Crippen molar-refractivity contribution in [2.45, 2.75) is 17.1 Å². The fraction of sp³-hybridized carbons (Fsp3) is 0.105. The van der Waals surface area contributed by atoms with E-state index >= 15 is 0 Å². The van der Waals surface area contributed by atoms with Crippen LogP contribution < -0.4 is 5.32 Å². The van der Waals surface area contributed by atoms with Crippen molar-refractivity contribution in [2.24, 2.45) is 0 Å². The van der Waals surface area contributed by atoms with E-state index in [9.17, 15) is 17.6 Å². The lowest BCUT2D eigenvalue weighted by Gasteiger charge is -2.16. The fourth-order valence-corrected chi connectivity index (χ4v) is 3.95. The maximum absolute atomic E-state index is 13.0. The highest BCUT2D eigenvalue weighted by molar-refractivity contribution is 7.92. The number of nitrogens with one attached hydrogen (secondary N) is 1. The van der Waals surface area contributed by atoms with Crippen LogP contribution in [0, 0.1) is 5.82 Å². The fourth-order valence-electron chi connectivity index (χ4n) is 2.52. The minimum absolute atomic E-state index is 0.117. The van der Waals surface area contributed by atoms with Gasteiger partial charge in [0.15, 0.2) is 9.84 Å². The number of carbonyl (C=O) groups excluding carboxylic acids is 1. The maximum atomic E-state index is 13.0. The summed E-state index contributed by atoms with van der Waals surface area (Å²) in [5, 5.41) is 1.75. The van der Waals surface area contributed by atoms with E-state index in [0.717, 1.165) is 24.3 Å². The van der Waals surface area contributed by atoms with Gasteiger partial charge in [0.1, 0.15) is 11.1 Å². The quantitative estimate of drug-likeness (QED) is 0.649. The van der Waals surface area contributed by atoms with E-state index in [4.69, 9.17) is 11.6 Å². The van der Waals surface area contributed by atoms with Crippen molar-refractivity contribution in [1.82, 2.24) is 4.57 Å². The van der Waals surface area contributed by atoms with Gasteiger partial charge in [-0.1, -0.05) is 11.6 Å². The van der Waals surface area contributed by atoms with Gasteiger partial charge in [-0.2, -0.15) is 0 Å². The van der Waals surface area contributed by atoms with E-state index in [1.165, 1.54) is 6.92 Å². The lowest BCUT2D eigenvalue weighted by molar-refractivity contribution is -0.115. The average molecular weight is 407 g/mol. The zero-order chi connectivity index (χ0) is 19.6. The molecule has 0 saturated heterocycles. The lowest BCUT2D eigenvalue weighted by Crippen LogP contribution is -2.33. The molecule has 1 amide bonds. The van der Waals surface area contributed by atoms with Crippen molar-refractivity contribution in [3.8, 4) is 5.69 Å². The minimum atomic E-state index is -3.96. The molecule has 140 valence electrons. The Kier molecular flexibility index (Phi) is 5.34. The molecule has 0 radical (unpaired) electrons. The molecule has 8 heteroatoms. The highest BCUT2D eigenvalue weighted by Crippen LogP contribution is 2.26. The third-order valence-corrected chi connectivity index (χ3v) is 6.39. The predicted molar refractivity (Wildman–Crippen MR) is 102 cm³/mol. The molecule has 1 atom stereocenters. The van der Waals surface area contributed by atoms with Crippen molar-refractivity contribution in [3.63, 3.8) is 0 Å². The molecule has 0 aliphatic heterocycles. The van der Waals surface area contributed by atoms with Crippen molar-refractivity contribution >= 4 is 33.0 Å². The van der Waals surface area contributed by atoms with E-state index in [-0.39, 0.29) is 4.90 Å². The van der Waals surface area contributed by atoms with E-state index in [0.29, 0.717) is 16.4 Å². The molecule has 3 rings (SSSR count). The molecule has 1 aromatic heterocycles. The highest BCUT2D eigenvalue weighted by atomic mass is 35.5. The SMILES string of the molecule is CC(C(=O)Nc1ccc(Cl)cc1-n1cccc1)S(=O)(=O)c1ccc(F)cc1.